The molecule has 0 bridgehead atoms. The molecule has 0 aliphatic carbocycles. The van der Waals surface area contributed by atoms with Crippen LogP contribution in [0.4, 0.5) is 5.82 Å². The smallest absolute Gasteiger partial charge is 0.243 e. The fourth-order valence-electron chi connectivity index (χ4n) is 3.25. The molecule has 0 atom stereocenters. The zero-order valence-corrected chi connectivity index (χ0v) is 18.8. The predicted molar refractivity (Wildman–Crippen MR) is 120 cm³/mol. The summed E-state index contributed by atoms with van der Waals surface area (Å²) in [6.45, 7) is 1.66. The van der Waals surface area contributed by atoms with Crippen LogP contribution in [-0.2, 0) is 10.0 Å². The third-order valence-electron chi connectivity index (χ3n) is 4.89. The number of hydrogen-bond donors (Lipinski definition) is 0. The van der Waals surface area contributed by atoms with Gasteiger partial charge in [0.05, 0.1) is 25.7 Å². The van der Waals surface area contributed by atoms with Crippen molar-refractivity contribution in [2.45, 2.75) is 4.90 Å². The Balaban J connectivity index is 1.45. The SMILES string of the molecule is O=S(=O)(c1ccc(Cl)c(Cl)c1)N1CCN(c2ccc(-c3ccccc3Cl)nn2)CC1. The second kappa shape index (κ2) is 8.69. The molecule has 3 aromatic rings. The molecule has 10 heteroatoms. The zero-order chi connectivity index (χ0) is 21.3. The van der Waals surface area contributed by atoms with E-state index in [2.05, 4.69) is 10.2 Å². The Morgan fingerprint density at radius 3 is 2.13 bits per heavy atom. The van der Waals surface area contributed by atoms with Crippen molar-refractivity contribution in [3.05, 3.63) is 69.7 Å². The first kappa shape index (κ1) is 21.3. The summed E-state index contributed by atoms with van der Waals surface area (Å²) >= 11 is 18.1. The third kappa shape index (κ3) is 4.26. The standard InChI is InChI=1S/C20H17Cl3N4O2S/c21-16-4-2-1-3-15(16)19-7-8-20(25-24-19)26-9-11-27(12-10-26)30(28,29)14-5-6-17(22)18(23)13-14/h1-8,13H,9-12H2. The average molecular weight is 484 g/mol. The number of piperazine rings is 1. The molecule has 1 aliphatic heterocycles. The fourth-order valence-corrected chi connectivity index (χ4v) is 5.29. The summed E-state index contributed by atoms with van der Waals surface area (Å²) in [5.74, 6) is 0.692. The van der Waals surface area contributed by atoms with E-state index in [1.165, 1.54) is 22.5 Å². The Morgan fingerprint density at radius 1 is 0.767 bits per heavy atom. The van der Waals surface area contributed by atoms with Gasteiger partial charge in [-0.1, -0.05) is 53.0 Å². The molecule has 0 spiro atoms. The summed E-state index contributed by atoms with van der Waals surface area (Å²) < 4.78 is 27.2. The molecule has 1 aromatic heterocycles. The molecule has 30 heavy (non-hydrogen) atoms. The molecular formula is C20H17Cl3N4O2S. The monoisotopic (exact) mass is 482 g/mol. The highest BCUT2D eigenvalue weighted by Gasteiger charge is 2.29. The van der Waals surface area contributed by atoms with E-state index in [0.29, 0.717) is 47.7 Å². The van der Waals surface area contributed by atoms with Gasteiger partial charge in [-0.3, -0.25) is 0 Å². The summed E-state index contributed by atoms with van der Waals surface area (Å²) in [6, 6.07) is 15.5. The van der Waals surface area contributed by atoms with E-state index in [9.17, 15) is 8.42 Å². The van der Waals surface area contributed by atoms with Gasteiger partial charge < -0.3 is 4.90 Å². The van der Waals surface area contributed by atoms with Crippen LogP contribution in [0, 0.1) is 0 Å². The van der Waals surface area contributed by atoms with Crippen LogP contribution in [0.5, 0.6) is 0 Å². The minimum absolute atomic E-state index is 0.134. The Bertz CT molecular complexity index is 1160. The quantitative estimate of drug-likeness (QED) is 0.542. The summed E-state index contributed by atoms with van der Waals surface area (Å²) in [5, 5.41) is 9.73. The van der Waals surface area contributed by atoms with Gasteiger partial charge in [-0.25, -0.2) is 8.42 Å². The average Bonchev–Trinajstić information content (AvgIpc) is 2.76. The highest BCUT2D eigenvalue weighted by molar-refractivity contribution is 7.89. The van der Waals surface area contributed by atoms with Crippen molar-refractivity contribution in [1.29, 1.82) is 0 Å². The number of anilines is 1. The van der Waals surface area contributed by atoms with Gasteiger partial charge in [0.15, 0.2) is 5.82 Å². The van der Waals surface area contributed by atoms with Crippen molar-refractivity contribution in [2.75, 3.05) is 31.1 Å². The lowest BCUT2D eigenvalue weighted by Crippen LogP contribution is -2.49. The second-order valence-electron chi connectivity index (χ2n) is 6.72. The van der Waals surface area contributed by atoms with Crippen molar-refractivity contribution < 1.29 is 8.42 Å². The van der Waals surface area contributed by atoms with Gasteiger partial charge in [0, 0.05) is 31.7 Å². The summed E-state index contributed by atoms with van der Waals surface area (Å²) in [5.41, 5.74) is 1.50. The number of sulfonamides is 1. The molecule has 0 N–H and O–H groups in total. The molecule has 6 nitrogen and oxygen atoms in total. The Labute approximate surface area is 190 Å². The molecule has 156 valence electrons. The van der Waals surface area contributed by atoms with Gasteiger partial charge in [0.1, 0.15) is 0 Å². The summed E-state index contributed by atoms with van der Waals surface area (Å²) in [6.07, 6.45) is 0. The molecule has 1 saturated heterocycles. The van der Waals surface area contributed by atoms with Crippen LogP contribution in [0.15, 0.2) is 59.5 Å². The van der Waals surface area contributed by atoms with E-state index in [4.69, 9.17) is 34.8 Å². The van der Waals surface area contributed by atoms with Crippen LogP contribution in [0.2, 0.25) is 15.1 Å². The Kier molecular flexibility index (Phi) is 6.18. The van der Waals surface area contributed by atoms with Gasteiger partial charge in [0.2, 0.25) is 10.0 Å². The Hall–Kier alpha value is -1.90. The number of halogens is 3. The van der Waals surface area contributed by atoms with Crippen molar-refractivity contribution in [3.63, 3.8) is 0 Å². The number of nitrogens with zero attached hydrogens (tertiary/aromatic N) is 4. The van der Waals surface area contributed by atoms with Crippen LogP contribution in [0.25, 0.3) is 11.3 Å². The lowest BCUT2D eigenvalue weighted by Gasteiger charge is -2.34. The van der Waals surface area contributed by atoms with Crippen LogP contribution in [-0.4, -0.2) is 49.1 Å². The predicted octanol–water partition coefficient (Wildman–Crippen LogP) is 4.61. The first-order valence-electron chi connectivity index (χ1n) is 9.15. The fraction of sp³-hybridized carbons (Fsp3) is 0.200. The van der Waals surface area contributed by atoms with Gasteiger partial charge in [-0.05, 0) is 36.4 Å². The minimum atomic E-state index is -3.64. The van der Waals surface area contributed by atoms with E-state index >= 15 is 0 Å². The van der Waals surface area contributed by atoms with Crippen molar-refractivity contribution >= 4 is 50.6 Å². The number of benzene rings is 2. The lowest BCUT2D eigenvalue weighted by molar-refractivity contribution is 0.383. The first-order chi connectivity index (χ1) is 14.4. The van der Waals surface area contributed by atoms with Crippen LogP contribution >= 0.6 is 34.8 Å². The maximum Gasteiger partial charge on any atom is 0.243 e. The largest absolute Gasteiger partial charge is 0.352 e. The van der Waals surface area contributed by atoms with Crippen molar-refractivity contribution in [3.8, 4) is 11.3 Å². The molecule has 4 rings (SSSR count). The third-order valence-corrected chi connectivity index (χ3v) is 7.86. The molecule has 2 aromatic carbocycles. The first-order valence-corrected chi connectivity index (χ1v) is 11.7. The van der Waals surface area contributed by atoms with E-state index in [1.807, 2.05) is 35.2 Å². The zero-order valence-electron chi connectivity index (χ0n) is 15.7. The minimum Gasteiger partial charge on any atom is -0.352 e. The number of rotatable bonds is 4. The second-order valence-corrected chi connectivity index (χ2v) is 9.88. The van der Waals surface area contributed by atoms with Gasteiger partial charge in [-0.15, -0.1) is 10.2 Å². The number of hydrogen-bond acceptors (Lipinski definition) is 5. The maximum absolute atomic E-state index is 12.9. The molecule has 1 fully saturated rings. The normalized spacial score (nSPS) is 15.4. The molecule has 0 saturated carbocycles. The molecule has 0 amide bonds. The highest BCUT2D eigenvalue weighted by Crippen LogP contribution is 2.28. The van der Waals surface area contributed by atoms with Gasteiger partial charge >= 0.3 is 0 Å². The molecule has 0 radical (unpaired) electrons. The van der Waals surface area contributed by atoms with Crippen molar-refractivity contribution in [2.24, 2.45) is 0 Å². The summed E-state index contributed by atoms with van der Waals surface area (Å²) in [7, 11) is -3.64. The Morgan fingerprint density at radius 2 is 1.50 bits per heavy atom. The van der Waals surface area contributed by atoms with Crippen LogP contribution in [0.1, 0.15) is 0 Å². The molecular weight excluding hydrogens is 467 g/mol. The van der Waals surface area contributed by atoms with Gasteiger partial charge in [0.25, 0.3) is 0 Å². The molecule has 0 unspecified atom stereocenters. The van der Waals surface area contributed by atoms with E-state index in [0.717, 1.165) is 5.56 Å². The maximum atomic E-state index is 12.9. The summed E-state index contributed by atoms with van der Waals surface area (Å²) in [4.78, 5) is 2.14. The van der Waals surface area contributed by atoms with Crippen molar-refractivity contribution in [1.82, 2.24) is 14.5 Å². The van der Waals surface area contributed by atoms with Gasteiger partial charge in [-0.2, -0.15) is 4.31 Å². The van der Waals surface area contributed by atoms with Crippen LogP contribution in [0.3, 0.4) is 0 Å². The van der Waals surface area contributed by atoms with Crippen LogP contribution < -0.4 is 4.90 Å². The molecule has 2 heterocycles. The van der Waals surface area contributed by atoms with E-state index in [-0.39, 0.29) is 9.92 Å². The van der Waals surface area contributed by atoms with E-state index in [1.54, 1.807) is 6.07 Å². The lowest BCUT2D eigenvalue weighted by atomic mass is 10.1. The van der Waals surface area contributed by atoms with E-state index < -0.39 is 10.0 Å². The molecule has 1 aliphatic rings. The highest BCUT2D eigenvalue weighted by atomic mass is 35.5. The number of aromatic nitrogens is 2. The topological polar surface area (TPSA) is 66.4 Å².